The van der Waals surface area contributed by atoms with E-state index in [2.05, 4.69) is 5.32 Å². The van der Waals surface area contributed by atoms with Gasteiger partial charge < -0.3 is 79.7 Å². The Balaban J connectivity index is 1.81. The normalized spacial score (nSPS) is 42.4. The van der Waals surface area contributed by atoms with E-state index < -0.39 is 129 Å². The van der Waals surface area contributed by atoms with Gasteiger partial charge in [0.25, 0.3) is 5.79 Å². The molecule has 3 aliphatic rings. The lowest BCUT2D eigenvalue weighted by Crippen LogP contribution is -2.68. The molecule has 1 amide bonds. The van der Waals surface area contributed by atoms with Gasteiger partial charge in [-0.05, 0) is 12.8 Å². The third kappa shape index (κ3) is 9.14. The van der Waals surface area contributed by atoms with E-state index in [9.17, 15) is 55.5 Å². The summed E-state index contributed by atoms with van der Waals surface area (Å²) in [6, 6.07) is -1.34. The zero-order valence-corrected chi connectivity index (χ0v) is 26.9. The number of rotatable bonds is 15. The maximum atomic E-state index is 12.5. The van der Waals surface area contributed by atoms with Crippen molar-refractivity contribution < 1.29 is 84.0 Å². The number of aliphatic carboxylic acids is 1. The van der Waals surface area contributed by atoms with Crippen molar-refractivity contribution in [3.05, 3.63) is 0 Å². The maximum absolute atomic E-state index is 12.5. The van der Waals surface area contributed by atoms with Crippen LogP contribution in [0.5, 0.6) is 0 Å². The first kappa shape index (κ1) is 39.8. The Labute approximate surface area is 272 Å². The summed E-state index contributed by atoms with van der Waals surface area (Å²) in [4.78, 5) is 24.3. The molecule has 0 spiro atoms. The molecule has 0 aromatic heterocycles. The minimum absolute atomic E-state index is 0.0135. The van der Waals surface area contributed by atoms with E-state index in [0.717, 1.165) is 13.3 Å². The average molecular weight is 686 g/mol. The van der Waals surface area contributed by atoms with Gasteiger partial charge in [-0.2, -0.15) is 0 Å². The number of carbonyl (C=O) groups excluding carboxylic acids is 1. The number of nitrogens with one attached hydrogen (secondary N) is 1. The number of unbranched alkanes of at least 4 members (excludes halogenated alkanes) is 1. The second kappa shape index (κ2) is 17.3. The molecule has 47 heavy (non-hydrogen) atoms. The molecule has 10 N–H and O–H groups in total. The second-order valence-electron chi connectivity index (χ2n) is 12.3. The van der Waals surface area contributed by atoms with Crippen molar-refractivity contribution >= 4 is 11.9 Å². The molecule has 3 saturated heterocycles. The number of amides is 1. The molecule has 274 valence electrons. The van der Waals surface area contributed by atoms with Crippen molar-refractivity contribution in [2.45, 2.75) is 145 Å². The predicted molar refractivity (Wildman–Crippen MR) is 155 cm³/mol. The summed E-state index contributed by atoms with van der Waals surface area (Å²) in [6.45, 7) is 5.16. The lowest BCUT2D eigenvalue weighted by atomic mass is 9.88. The first-order valence-corrected chi connectivity index (χ1v) is 15.9. The minimum Gasteiger partial charge on any atom is -0.477 e. The standard InChI is InChI=1S/C29H51NO17/c1-5-7-8-42-26-12(3)24(21(37)16(10-31)44-26)46-27-23(39)22(38)20(36)17(45-27)11-43-29(28(40)41)9-15(34)18(30-13(4)32)25(47-29)19(35)14(33)6-2/h12,14-27,31,33-39H,5-11H2,1-4H3,(H,30,32)(H,40,41)/t12?,14-,15-,16?,17?,18-,19-,20+,21+,22+,23?,24-,25?,26+,27+,29-/m1/s1. The second-order valence-corrected chi connectivity index (χ2v) is 12.3. The summed E-state index contributed by atoms with van der Waals surface area (Å²) in [7, 11) is 0. The smallest absolute Gasteiger partial charge is 0.364 e. The Morgan fingerprint density at radius 3 is 2.21 bits per heavy atom. The van der Waals surface area contributed by atoms with Crippen LogP contribution in [0, 0.1) is 5.92 Å². The molecule has 0 saturated carbocycles. The summed E-state index contributed by atoms with van der Waals surface area (Å²) in [5.41, 5.74) is 0. The highest BCUT2D eigenvalue weighted by atomic mass is 16.8. The van der Waals surface area contributed by atoms with Crippen LogP contribution in [-0.4, -0.2) is 169 Å². The quantitative estimate of drug-likeness (QED) is 0.0742. The van der Waals surface area contributed by atoms with E-state index in [-0.39, 0.29) is 6.42 Å². The van der Waals surface area contributed by atoms with Crippen molar-refractivity contribution in [1.29, 1.82) is 0 Å². The van der Waals surface area contributed by atoms with Crippen LogP contribution in [0.3, 0.4) is 0 Å². The third-order valence-corrected chi connectivity index (χ3v) is 8.79. The molecular formula is C29H51NO17. The Kier molecular flexibility index (Phi) is 14.7. The van der Waals surface area contributed by atoms with Crippen molar-refractivity contribution in [3.63, 3.8) is 0 Å². The van der Waals surface area contributed by atoms with Crippen LogP contribution in [0.25, 0.3) is 0 Å². The molecule has 0 bridgehead atoms. The maximum Gasteiger partial charge on any atom is 0.364 e. The fourth-order valence-corrected chi connectivity index (χ4v) is 5.89. The molecule has 3 aliphatic heterocycles. The Bertz CT molecular complexity index is 1010. The lowest BCUT2D eigenvalue weighted by Gasteiger charge is -2.48. The molecule has 0 radical (unpaired) electrons. The van der Waals surface area contributed by atoms with Crippen LogP contribution in [0.15, 0.2) is 0 Å². The van der Waals surface area contributed by atoms with E-state index in [1.165, 1.54) is 6.92 Å². The summed E-state index contributed by atoms with van der Waals surface area (Å²) < 4.78 is 34.3. The number of carboxylic acid groups (broad SMARTS) is 1. The first-order valence-electron chi connectivity index (χ1n) is 15.9. The third-order valence-electron chi connectivity index (χ3n) is 8.79. The largest absolute Gasteiger partial charge is 0.477 e. The van der Waals surface area contributed by atoms with Gasteiger partial charge in [-0.15, -0.1) is 0 Å². The highest BCUT2D eigenvalue weighted by molar-refractivity contribution is 5.76. The van der Waals surface area contributed by atoms with Crippen LogP contribution in [-0.2, 0) is 38.0 Å². The fourth-order valence-electron chi connectivity index (χ4n) is 5.89. The number of hydrogen-bond acceptors (Lipinski definition) is 16. The van der Waals surface area contributed by atoms with Gasteiger partial charge in [-0.25, -0.2) is 4.79 Å². The molecule has 3 heterocycles. The van der Waals surface area contributed by atoms with E-state index in [4.69, 9.17) is 28.4 Å². The monoisotopic (exact) mass is 685 g/mol. The number of aliphatic hydroxyl groups is 8. The van der Waals surface area contributed by atoms with Gasteiger partial charge in [0.1, 0.15) is 48.8 Å². The molecule has 0 aromatic carbocycles. The minimum atomic E-state index is -2.70. The van der Waals surface area contributed by atoms with Crippen LogP contribution in [0.4, 0.5) is 0 Å². The first-order chi connectivity index (χ1) is 22.1. The van der Waals surface area contributed by atoms with Crippen molar-refractivity contribution in [2.75, 3.05) is 19.8 Å². The highest BCUT2D eigenvalue weighted by Crippen LogP contribution is 2.36. The number of ether oxygens (including phenoxy) is 6. The number of carboxylic acids is 1. The van der Waals surface area contributed by atoms with E-state index in [0.29, 0.717) is 13.0 Å². The average Bonchev–Trinajstić information content (AvgIpc) is 3.03. The molecule has 3 rings (SSSR count). The number of carbonyl (C=O) groups is 2. The highest BCUT2D eigenvalue weighted by Gasteiger charge is 2.57. The summed E-state index contributed by atoms with van der Waals surface area (Å²) >= 11 is 0. The van der Waals surface area contributed by atoms with E-state index >= 15 is 0 Å². The Morgan fingerprint density at radius 1 is 0.979 bits per heavy atom. The van der Waals surface area contributed by atoms with Gasteiger partial charge >= 0.3 is 5.97 Å². The van der Waals surface area contributed by atoms with Gasteiger partial charge in [0.05, 0.1) is 37.6 Å². The summed E-state index contributed by atoms with van der Waals surface area (Å²) in [6.07, 6.45) is -19.3. The number of aliphatic hydroxyl groups excluding tert-OH is 8. The van der Waals surface area contributed by atoms with Gasteiger partial charge in [-0.3, -0.25) is 4.79 Å². The van der Waals surface area contributed by atoms with Crippen LogP contribution >= 0.6 is 0 Å². The SMILES string of the molecule is CCCCO[C@H]1OC(CO)[C@H](O)[C@H](O[C@@H]2OC(CO[C@]3(C(=O)O)C[C@@H](O)[C@@H](NC(C)=O)C([C@H](O)[C@H](O)CC)O3)[C@H](O)[C@H](O)C2O)C1C. The molecule has 18 heteroatoms. The molecule has 16 atom stereocenters. The molecule has 5 unspecified atom stereocenters. The molecule has 18 nitrogen and oxygen atoms in total. The topological polar surface area (TPSA) is 284 Å². The van der Waals surface area contributed by atoms with Crippen molar-refractivity contribution in [1.82, 2.24) is 5.32 Å². The summed E-state index contributed by atoms with van der Waals surface area (Å²) in [5, 5.41) is 97.2. The van der Waals surface area contributed by atoms with Gasteiger partial charge in [-0.1, -0.05) is 27.2 Å². The Morgan fingerprint density at radius 2 is 1.64 bits per heavy atom. The van der Waals surface area contributed by atoms with Crippen LogP contribution in [0.1, 0.15) is 53.4 Å². The molecule has 3 fully saturated rings. The van der Waals surface area contributed by atoms with Crippen molar-refractivity contribution in [2.24, 2.45) is 5.92 Å². The van der Waals surface area contributed by atoms with E-state index in [1.54, 1.807) is 6.92 Å². The summed E-state index contributed by atoms with van der Waals surface area (Å²) in [5.74, 6) is -5.76. The van der Waals surface area contributed by atoms with Crippen molar-refractivity contribution in [3.8, 4) is 0 Å². The predicted octanol–water partition coefficient (Wildman–Crippen LogP) is -3.71. The molecular weight excluding hydrogens is 634 g/mol. The van der Waals surface area contributed by atoms with Gasteiger partial charge in [0.15, 0.2) is 12.6 Å². The molecule has 0 aliphatic carbocycles. The number of hydrogen-bond donors (Lipinski definition) is 10. The van der Waals surface area contributed by atoms with Crippen LogP contribution in [0.2, 0.25) is 0 Å². The van der Waals surface area contributed by atoms with Gasteiger partial charge in [0.2, 0.25) is 5.91 Å². The zero-order chi connectivity index (χ0) is 35.2. The van der Waals surface area contributed by atoms with Gasteiger partial charge in [0, 0.05) is 25.9 Å². The van der Waals surface area contributed by atoms with E-state index in [1.807, 2.05) is 6.92 Å². The zero-order valence-electron chi connectivity index (χ0n) is 26.9. The molecule has 0 aromatic rings. The fraction of sp³-hybridized carbons (Fsp3) is 0.931. The Hall–Kier alpha value is -1.62. The van der Waals surface area contributed by atoms with Crippen LogP contribution < -0.4 is 5.32 Å². The lowest BCUT2D eigenvalue weighted by molar-refractivity contribution is -0.362.